The summed E-state index contributed by atoms with van der Waals surface area (Å²) < 4.78 is 0. The topological polar surface area (TPSA) is 32.9 Å². The molecule has 0 bridgehead atoms. The largest absolute Gasteiger partial charge is 0.321 e. The minimum atomic E-state index is -0.182. The third kappa shape index (κ3) is 1.22. The number of nitrogens with one attached hydrogen (secondary N) is 1. The zero-order chi connectivity index (χ0) is 10.3. The van der Waals surface area contributed by atoms with E-state index in [1.165, 1.54) is 0 Å². The van der Waals surface area contributed by atoms with Crippen LogP contribution in [0.3, 0.4) is 0 Å². The van der Waals surface area contributed by atoms with Gasteiger partial charge in [-0.2, -0.15) is 0 Å². The normalized spacial score (nSPS) is 10.9. The van der Waals surface area contributed by atoms with Crippen LogP contribution in [0.5, 0.6) is 0 Å². The quantitative estimate of drug-likeness (QED) is 0.548. The van der Waals surface area contributed by atoms with E-state index in [9.17, 15) is 4.79 Å². The number of pyridine rings is 1. The Bertz CT molecular complexity index is 697. The Labute approximate surface area is 86.2 Å². The Morgan fingerprint density at radius 3 is 2.73 bits per heavy atom. The van der Waals surface area contributed by atoms with Crippen molar-refractivity contribution in [2.75, 3.05) is 0 Å². The summed E-state index contributed by atoms with van der Waals surface area (Å²) in [4.78, 5) is 14.0. The molecule has 2 heteroatoms. The summed E-state index contributed by atoms with van der Waals surface area (Å²) >= 11 is 0. The Kier molecular flexibility index (Phi) is 1.62. The molecule has 2 aromatic carbocycles. The molecule has 3 rings (SSSR count). The Hall–Kier alpha value is -2.09. The molecule has 1 aromatic heterocycles. The van der Waals surface area contributed by atoms with Crippen molar-refractivity contribution < 1.29 is 0 Å². The molecule has 0 aliphatic heterocycles. The lowest BCUT2D eigenvalue weighted by Gasteiger charge is -2.02. The van der Waals surface area contributed by atoms with Gasteiger partial charge in [0.25, 0.3) is 5.56 Å². The minimum Gasteiger partial charge on any atom is -0.321 e. The highest BCUT2D eigenvalue weighted by molar-refractivity contribution is 6.04. The summed E-state index contributed by atoms with van der Waals surface area (Å²) in [7, 11) is 0. The van der Waals surface area contributed by atoms with Crippen molar-refractivity contribution in [2.24, 2.45) is 0 Å². The van der Waals surface area contributed by atoms with Gasteiger partial charge in [0.05, 0.1) is 11.6 Å². The number of hydrogen-bond donors (Lipinski definition) is 1. The van der Waals surface area contributed by atoms with Crippen molar-refractivity contribution in [3.63, 3.8) is 0 Å². The third-order valence-electron chi connectivity index (χ3n) is 2.56. The van der Waals surface area contributed by atoms with Crippen LogP contribution in [0, 0.1) is 6.07 Å². The van der Waals surface area contributed by atoms with E-state index in [1.54, 1.807) is 6.07 Å². The average Bonchev–Trinajstić information content (AvgIpc) is 2.29. The molecule has 1 radical (unpaired) electrons. The lowest BCUT2D eigenvalue weighted by Crippen LogP contribution is -2.03. The van der Waals surface area contributed by atoms with Crippen LogP contribution in [0.1, 0.15) is 0 Å². The Morgan fingerprint density at radius 1 is 1.00 bits per heavy atom. The fourth-order valence-electron chi connectivity index (χ4n) is 1.84. The van der Waals surface area contributed by atoms with E-state index in [0.717, 1.165) is 21.7 Å². The first kappa shape index (κ1) is 8.24. The molecule has 3 aromatic rings. The van der Waals surface area contributed by atoms with Gasteiger partial charge in [-0.05, 0) is 16.8 Å². The van der Waals surface area contributed by atoms with Gasteiger partial charge in [-0.25, -0.2) is 0 Å². The van der Waals surface area contributed by atoms with E-state index in [2.05, 4.69) is 11.1 Å². The van der Waals surface area contributed by atoms with E-state index in [0.29, 0.717) is 0 Å². The molecule has 0 aliphatic carbocycles. The zero-order valence-corrected chi connectivity index (χ0v) is 7.95. The van der Waals surface area contributed by atoms with Gasteiger partial charge in [-0.3, -0.25) is 4.79 Å². The summed E-state index contributed by atoms with van der Waals surface area (Å²) in [5.41, 5.74) is 0.704. The summed E-state index contributed by atoms with van der Waals surface area (Å²) in [6.45, 7) is 0. The highest BCUT2D eigenvalue weighted by Gasteiger charge is 1.99. The molecule has 15 heavy (non-hydrogen) atoms. The second-order valence-corrected chi connectivity index (χ2v) is 3.49. The minimum absolute atomic E-state index is 0.182. The maximum Gasteiger partial charge on any atom is 0.256 e. The van der Waals surface area contributed by atoms with Gasteiger partial charge < -0.3 is 4.98 Å². The molecule has 1 heterocycles. The maximum absolute atomic E-state index is 11.2. The molecule has 0 aliphatic rings. The molecule has 0 unspecified atom stereocenters. The van der Waals surface area contributed by atoms with Crippen molar-refractivity contribution in [1.29, 1.82) is 0 Å². The molecule has 0 saturated heterocycles. The van der Waals surface area contributed by atoms with Crippen molar-refractivity contribution in [3.8, 4) is 0 Å². The third-order valence-corrected chi connectivity index (χ3v) is 2.56. The summed E-state index contributed by atoms with van der Waals surface area (Å²) in [5.74, 6) is 0. The number of aromatic amines is 1. The van der Waals surface area contributed by atoms with Gasteiger partial charge in [0.15, 0.2) is 0 Å². The van der Waals surface area contributed by atoms with Crippen LogP contribution in [0.25, 0.3) is 21.7 Å². The van der Waals surface area contributed by atoms with E-state index < -0.39 is 0 Å². The van der Waals surface area contributed by atoms with Gasteiger partial charge >= 0.3 is 0 Å². The summed E-state index contributed by atoms with van der Waals surface area (Å²) in [6.07, 6.45) is 0. The van der Waals surface area contributed by atoms with E-state index in [1.807, 2.05) is 36.4 Å². The maximum atomic E-state index is 11.2. The lowest BCUT2D eigenvalue weighted by molar-refractivity contribution is 1.31. The van der Waals surface area contributed by atoms with E-state index >= 15 is 0 Å². The fraction of sp³-hybridized carbons (Fsp3) is 0. The van der Waals surface area contributed by atoms with Crippen molar-refractivity contribution in [3.05, 3.63) is 58.9 Å². The molecule has 71 valence electrons. The molecular weight excluding hydrogens is 186 g/mol. The number of fused-ring (bicyclic) bond motifs is 3. The number of H-pyrrole nitrogens is 1. The molecule has 0 saturated carbocycles. The lowest BCUT2D eigenvalue weighted by atomic mass is 10.1. The van der Waals surface area contributed by atoms with Gasteiger partial charge in [0.1, 0.15) is 0 Å². The van der Waals surface area contributed by atoms with Crippen LogP contribution in [-0.2, 0) is 0 Å². The van der Waals surface area contributed by atoms with Crippen LogP contribution in [-0.4, -0.2) is 4.98 Å². The van der Waals surface area contributed by atoms with Crippen molar-refractivity contribution in [2.45, 2.75) is 0 Å². The second-order valence-electron chi connectivity index (χ2n) is 3.49. The van der Waals surface area contributed by atoms with Gasteiger partial charge in [-0.15, -0.1) is 0 Å². The molecule has 0 amide bonds. The highest BCUT2D eigenvalue weighted by atomic mass is 16.1. The van der Waals surface area contributed by atoms with Gasteiger partial charge in [-0.1, -0.05) is 36.4 Å². The molecule has 0 atom stereocenters. The molecule has 0 fully saturated rings. The number of aromatic nitrogens is 1. The van der Waals surface area contributed by atoms with Crippen LogP contribution in [0.2, 0.25) is 0 Å². The number of hydrogen-bond acceptors (Lipinski definition) is 1. The monoisotopic (exact) mass is 194 g/mol. The van der Waals surface area contributed by atoms with E-state index in [4.69, 9.17) is 0 Å². The molecule has 0 spiro atoms. The zero-order valence-electron chi connectivity index (χ0n) is 7.95. The first-order valence-electron chi connectivity index (χ1n) is 4.77. The first-order chi connectivity index (χ1) is 7.34. The predicted molar refractivity (Wildman–Crippen MR) is 60.9 cm³/mol. The standard InChI is InChI=1S/C13H8NO/c15-12-8-7-10-6-5-9-3-1-2-4-11(9)13(10)14-12/h1-7H,(H,14,15). The van der Waals surface area contributed by atoms with Crippen LogP contribution < -0.4 is 5.56 Å². The van der Waals surface area contributed by atoms with E-state index in [-0.39, 0.29) is 5.56 Å². The predicted octanol–water partition coefficient (Wildman–Crippen LogP) is 2.48. The van der Waals surface area contributed by atoms with Crippen LogP contribution in [0.15, 0.2) is 47.3 Å². The molecule has 2 nitrogen and oxygen atoms in total. The van der Waals surface area contributed by atoms with Gasteiger partial charge in [0, 0.05) is 5.39 Å². The highest BCUT2D eigenvalue weighted by Crippen LogP contribution is 2.21. The van der Waals surface area contributed by atoms with Crippen LogP contribution in [0.4, 0.5) is 0 Å². The second kappa shape index (κ2) is 2.95. The number of rotatable bonds is 0. The first-order valence-corrected chi connectivity index (χ1v) is 4.77. The molecule has 1 N–H and O–H groups in total. The molecular formula is C13H8NO. The summed E-state index contributed by atoms with van der Waals surface area (Å²) in [6, 6.07) is 16.4. The van der Waals surface area contributed by atoms with Crippen LogP contribution >= 0.6 is 0 Å². The Morgan fingerprint density at radius 2 is 1.80 bits per heavy atom. The Balaban J connectivity index is 2.63. The van der Waals surface area contributed by atoms with Crippen molar-refractivity contribution in [1.82, 2.24) is 4.98 Å². The summed E-state index contributed by atoms with van der Waals surface area (Å²) in [5, 5.41) is 3.21. The SMILES string of the molecule is O=c1[c]cc2ccc3ccccc3c2[nH]1. The smallest absolute Gasteiger partial charge is 0.256 e. The fourth-order valence-corrected chi connectivity index (χ4v) is 1.84. The van der Waals surface area contributed by atoms with Gasteiger partial charge in [0.2, 0.25) is 0 Å². The van der Waals surface area contributed by atoms with Crippen molar-refractivity contribution >= 4 is 21.7 Å². The number of benzene rings is 2. The average molecular weight is 194 g/mol.